The largest absolute Gasteiger partial charge is 0.497 e. The van der Waals surface area contributed by atoms with Gasteiger partial charge in [-0.05, 0) is 48.7 Å². The Morgan fingerprint density at radius 3 is 2.47 bits per heavy atom. The van der Waals surface area contributed by atoms with E-state index >= 15 is 0 Å². The van der Waals surface area contributed by atoms with Crippen LogP contribution < -0.4 is 4.74 Å². The first-order chi connectivity index (χ1) is 8.11. The first kappa shape index (κ1) is 11.6. The number of hydrogen-bond donors (Lipinski definition) is 0. The lowest BCUT2D eigenvalue weighted by Gasteiger charge is -2.10. The fourth-order valence-electron chi connectivity index (χ4n) is 1.87. The molecule has 2 heteroatoms. The van der Waals surface area contributed by atoms with Crippen LogP contribution in [0.15, 0.2) is 36.4 Å². The van der Waals surface area contributed by atoms with E-state index in [1.807, 2.05) is 25.1 Å². The minimum Gasteiger partial charge on any atom is -0.497 e. The van der Waals surface area contributed by atoms with E-state index in [1.54, 1.807) is 19.2 Å². The number of benzene rings is 2. The lowest BCUT2D eigenvalue weighted by molar-refractivity contribution is 0.414. The first-order valence-electron chi connectivity index (χ1n) is 5.38. The van der Waals surface area contributed by atoms with Crippen molar-refractivity contribution < 1.29 is 9.13 Å². The van der Waals surface area contributed by atoms with E-state index < -0.39 is 0 Å². The summed E-state index contributed by atoms with van der Waals surface area (Å²) in [7, 11) is 1.57. The topological polar surface area (TPSA) is 9.23 Å². The van der Waals surface area contributed by atoms with E-state index in [2.05, 4.69) is 6.92 Å². The van der Waals surface area contributed by atoms with Gasteiger partial charge in [0.2, 0.25) is 0 Å². The predicted octanol–water partition coefficient (Wildman–Crippen LogP) is 3.99. The Kier molecular flexibility index (Phi) is 3.14. The van der Waals surface area contributed by atoms with Crippen LogP contribution in [0.4, 0.5) is 4.39 Å². The van der Waals surface area contributed by atoms with Gasteiger partial charge >= 0.3 is 0 Å². The lowest BCUT2D eigenvalue weighted by Crippen LogP contribution is -1.91. The molecule has 0 saturated carbocycles. The van der Waals surface area contributed by atoms with Crippen LogP contribution in [0.5, 0.6) is 5.75 Å². The van der Waals surface area contributed by atoms with E-state index in [-0.39, 0.29) is 5.82 Å². The smallest absolute Gasteiger partial charge is 0.131 e. The third kappa shape index (κ3) is 2.31. The van der Waals surface area contributed by atoms with Crippen LogP contribution in [-0.4, -0.2) is 7.11 Å². The van der Waals surface area contributed by atoms with E-state index in [9.17, 15) is 4.39 Å². The molecule has 0 saturated heterocycles. The van der Waals surface area contributed by atoms with Gasteiger partial charge in [-0.3, -0.25) is 0 Å². The van der Waals surface area contributed by atoms with Crippen molar-refractivity contribution in [3.63, 3.8) is 0 Å². The second-order valence-electron chi connectivity index (χ2n) is 4.00. The standard InChI is InChI=1S/C15H14FO/c1-10-4-6-13(11(2)8-10)14-9-12(17-3)5-7-15(14)16/h4-9H,1H2,2-3H3. The molecular weight excluding hydrogens is 215 g/mol. The van der Waals surface area contributed by atoms with Gasteiger partial charge in [-0.15, -0.1) is 0 Å². The van der Waals surface area contributed by atoms with Crippen LogP contribution in [0.3, 0.4) is 0 Å². The summed E-state index contributed by atoms with van der Waals surface area (Å²) in [6.45, 7) is 5.80. The lowest BCUT2D eigenvalue weighted by atomic mass is 9.98. The Balaban J connectivity index is 2.59. The molecule has 0 aromatic heterocycles. The second kappa shape index (κ2) is 4.58. The zero-order valence-electron chi connectivity index (χ0n) is 9.96. The molecule has 2 aromatic carbocycles. The van der Waals surface area contributed by atoms with Crippen LogP contribution in [-0.2, 0) is 0 Å². The summed E-state index contributed by atoms with van der Waals surface area (Å²) in [5.41, 5.74) is 3.36. The highest BCUT2D eigenvalue weighted by atomic mass is 19.1. The minimum absolute atomic E-state index is 0.245. The van der Waals surface area contributed by atoms with Crippen LogP contribution in [0.2, 0.25) is 0 Å². The molecule has 0 N–H and O–H groups in total. The van der Waals surface area contributed by atoms with Crippen molar-refractivity contribution in [3.05, 3.63) is 60.3 Å². The van der Waals surface area contributed by atoms with Gasteiger partial charge in [0.25, 0.3) is 0 Å². The van der Waals surface area contributed by atoms with Crippen LogP contribution in [0, 0.1) is 19.7 Å². The molecule has 0 aliphatic rings. The molecule has 0 fully saturated rings. The van der Waals surface area contributed by atoms with Gasteiger partial charge in [0.05, 0.1) is 7.11 Å². The molecule has 17 heavy (non-hydrogen) atoms. The first-order valence-corrected chi connectivity index (χ1v) is 5.38. The number of halogens is 1. The summed E-state index contributed by atoms with van der Waals surface area (Å²) in [5.74, 6) is 0.408. The molecule has 2 rings (SSSR count). The number of ether oxygens (including phenoxy) is 1. The van der Waals surface area contributed by atoms with E-state index in [1.165, 1.54) is 6.07 Å². The Morgan fingerprint density at radius 1 is 1.06 bits per heavy atom. The molecular formula is C15H14FO. The summed E-state index contributed by atoms with van der Waals surface area (Å²) in [5, 5.41) is 0. The second-order valence-corrected chi connectivity index (χ2v) is 4.00. The molecule has 0 aliphatic carbocycles. The number of hydrogen-bond acceptors (Lipinski definition) is 1. The summed E-state index contributed by atoms with van der Waals surface area (Å²) in [4.78, 5) is 0. The maximum absolute atomic E-state index is 13.8. The number of aryl methyl sites for hydroxylation is 1. The fraction of sp³-hybridized carbons (Fsp3) is 0.133. The van der Waals surface area contributed by atoms with Gasteiger partial charge in [0, 0.05) is 5.56 Å². The van der Waals surface area contributed by atoms with Crippen LogP contribution in [0.25, 0.3) is 11.1 Å². The average Bonchev–Trinajstić information content (AvgIpc) is 2.30. The van der Waals surface area contributed by atoms with Gasteiger partial charge in [-0.1, -0.05) is 18.2 Å². The summed E-state index contributed by atoms with van der Waals surface area (Å²) >= 11 is 0. The maximum atomic E-state index is 13.8. The monoisotopic (exact) mass is 229 g/mol. The van der Waals surface area contributed by atoms with Gasteiger partial charge in [-0.2, -0.15) is 0 Å². The molecule has 1 nitrogen and oxygen atoms in total. The van der Waals surface area contributed by atoms with Crippen LogP contribution >= 0.6 is 0 Å². The zero-order chi connectivity index (χ0) is 12.4. The SMILES string of the molecule is [CH2]c1ccc(-c2cc(OC)ccc2F)c(C)c1. The van der Waals surface area contributed by atoms with Crippen molar-refractivity contribution in [1.82, 2.24) is 0 Å². The molecule has 87 valence electrons. The quantitative estimate of drug-likeness (QED) is 0.756. The molecule has 0 spiro atoms. The summed E-state index contributed by atoms with van der Waals surface area (Å²) < 4.78 is 18.9. The third-order valence-corrected chi connectivity index (χ3v) is 2.75. The molecule has 1 radical (unpaired) electrons. The van der Waals surface area contributed by atoms with E-state index in [0.717, 1.165) is 16.7 Å². The van der Waals surface area contributed by atoms with Gasteiger partial charge < -0.3 is 4.74 Å². The number of methoxy groups -OCH3 is 1. The van der Waals surface area contributed by atoms with Gasteiger partial charge in [0.1, 0.15) is 11.6 Å². The molecule has 0 aliphatic heterocycles. The molecule has 0 heterocycles. The highest BCUT2D eigenvalue weighted by molar-refractivity contribution is 5.69. The Hall–Kier alpha value is -1.83. The van der Waals surface area contributed by atoms with Crippen molar-refractivity contribution in [2.75, 3.05) is 7.11 Å². The molecule has 0 bridgehead atoms. The van der Waals surface area contributed by atoms with E-state index in [0.29, 0.717) is 11.3 Å². The predicted molar refractivity (Wildman–Crippen MR) is 67.6 cm³/mol. The number of rotatable bonds is 2. The highest BCUT2D eigenvalue weighted by Crippen LogP contribution is 2.29. The van der Waals surface area contributed by atoms with Crippen molar-refractivity contribution in [3.8, 4) is 16.9 Å². The van der Waals surface area contributed by atoms with Gasteiger partial charge in [0.15, 0.2) is 0 Å². The van der Waals surface area contributed by atoms with Crippen molar-refractivity contribution in [2.45, 2.75) is 6.92 Å². The Morgan fingerprint density at radius 2 is 1.82 bits per heavy atom. The highest BCUT2D eigenvalue weighted by Gasteiger charge is 2.09. The van der Waals surface area contributed by atoms with Crippen molar-refractivity contribution in [2.24, 2.45) is 0 Å². The third-order valence-electron chi connectivity index (χ3n) is 2.75. The van der Waals surface area contributed by atoms with E-state index in [4.69, 9.17) is 4.74 Å². The minimum atomic E-state index is -0.245. The molecule has 0 amide bonds. The van der Waals surface area contributed by atoms with Gasteiger partial charge in [-0.25, -0.2) is 4.39 Å². The normalized spacial score (nSPS) is 10.4. The van der Waals surface area contributed by atoms with Crippen molar-refractivity contribution in [1.29, 1.82) is 0 Å². The zero-order valence-corrected chi connectivity index (χ0v) is 9.96. The molecule has 0 unspecified atom stereocenters. The average molecular weight is 229 g/mol. The summed E-state index contributed by atoms with van der Waals surface area (Å²) in [6.07, 6.45) is 0. The molecule has 0 atom stereocenters. The maximum Gasteiger partial charge on any atom is 0.131 e. The Labute approximate surface area is 101 Å². The summed E-state index contributed by atoms with van der Waals surface area (Å²) in [6, 6.07) is 10.4. The van der Waals surface area contributed by atoms with Crippen LogP contribution in [0.1, 0.15) is 11.1 Å². The van der Waals surface area contributed by atoms with Crippen molar-refractivity contribution >= 4 is 0 Å². The Bertz CT molecular complexity index is 547. The molecule has 2 aromatic rings. The fourth-order valence-corrected chi connectivity index (χ4v) is 1.87.